The highest BCUT2D eigenvalue weighted by molar-refractivity contribution is 5.97. The van der Waals surface area contributed by atoms with Gasteiger partial charge in [-0.2, -0.15) is 0 Å². The van der Waals surface area contributed by atoms with Crippen molar-refractivity contribution in [2.24, 2.45) is 5.41 Å². The van der Waals surface area contributed by atoms with Gasteiger partial charge in [0.25, 0.3) is 0 Å². The molecular formula is C18H28N2O. The zero-order valence-electron chi connectivity index (χ0n) is 13.8. The van der Waals surface area contributed by atoms with Crippen LogP contribution in [-0.2, 0) is 4.79 Å². The lowest BCUT2D eigenvalue weighted by Crippen LogP contribution is -2.48. The SMILES string of the molecule is CCCC1(C(=O)Nc2c(C)cc(C)cc2C)CCCNC1. The van der Waals surface area contributed by atoms with E-state index in [-0.39, 0.29) is 11.3 Å². The summed E-state index contributed by atoms with van der Waals surface area (Å²) in [5.41, 5.74) is 4.29. The van der Waals surface area contributed by atoms with E-state index in [1.807, 2.05) is 0 Å². The highest BCUT2D eigenvalue weighted by atomic mass is 16.2. The molecule has 1 heterocycles. The molecule has 3 nitrogen and oxygen atoms in total. The second-order valence-corrected chi connectivity index (χ2v) is 6.54. The highest BCUT2D eigenvalue weighted by Crippen LogP contribution is 2.34. The fourth-order valence-corrected chi connectivity index (χ4v) is 3.59. The Morgan fingerprint density at radius 1 is 1.29 bits per heavy atom. The van der Waals surface area contributed by atoms with E-state index in [2.05, 4.69) is 50.5 Å². The molecule has 0 spiro atoms. The molecule has 0 bridgehead atoms. The van der Waals surface area contributed by atoms with Gasteiger partial charge in [0, 0.05) is 12.2 Å². The summed E-state index contributed by atoms with van der Waals surface area (Å²) >= 11 is 0. The summed E-state index contributed by atoms with van der Waals surface area (Å²) in [6.45, 7) is 10.2. The molecule has 1 aromatic carbocycles. The minimum Gasteiger partial charge on any atom is -0.325 e. The molecule has 1 aromatic rings. The van der Waals surface area contributed by atoms with E-state index in [1.165, 1.54) is 5.56 Å². The topological polar surface area (TPSA) is 41.1 Å². The number of nitrogens with one attached hydrogen (secondary N) is 2. The predicted molar refractivity (Wildman–Crippen MR) is 88.7 cm³/mol. The van der Waals surface area contributed by atoms with E-state index in [9.17, 15) is 4.79 Å². The molecule has 1 amide bonds. The molecule has 2 rings (SSSR count). The highest BCUT2D eigenvalue weighted by Gasteiger charge is 2.38. The smallest absolute Gasteiger partial charge is 0.231 e. The molecule has 0 aliphatic carbocycles. The monoisotopic (exact) mass is 288 g/mol. The second kappa shape index (κ2) is 6.61. The molecule has 0 radical (unpaired) electrons. The third-order valence-electron chi connectivity index (χ3n) is 4.60. The van der Waals surface area contributed by atoms with Crippen molar-refractivity contribution in [1.82, 2.24) is 5.32 Å². The lowest BCUT2D eigenvalue weighted by molar-refractivity contribution is -0.127. The number of rotatable bonds is 4. The summed E-state index contributed by atoms with van der Waals surface area (Å²) in [7, 11) is 0. The van der Waals surface area contributed by atoms with Crippen molar-refractivity contribution in [2.45, 2.75) is 53.4 Å². The van der Waals surface area contributed by atoms with Gasteiger partial charge in [-0.1, -0.05) is 31.0 Å². The van der Waals surface area contributed by atoms with Crippen LogP contribution < -0.4 is 10.6 Å². The molecule has 21 heavy (non-hydrogen) atoms. The first-order valence-corrected chi connectivity index (χ1v) is 8.08. The van der Waals surface area contributed by atoms with E-state index in [0.29, 0.717) is 0 Å². The van der Waals surface area contributed by atoms with Gasteiger partial charge in [-0.25, -0.2) is 0 Å². The van der Waals surface area contributed by atoms with Crippen molar-refractivity contribution in [3.63, 3.8) is 0 Å². The van der Waals surface area contributed by atoms with Crippen LogP contribution in [-0.4, -0.2) is 19.0 Å². The van der Waals surface area contributed by atoms with E-state index in [1.54, 1.807) is 0 Å². The molecule has 1 aliphatic rings. The van der Waals surface area contributed by atoms with E-state index in [4.69, 9.17) is 0 Å². The summed E-state index contributed by atoms with van der Waals surface area (Å²) in [4.78, 5) is 12.9. The average Bonchev–Trinajstić information content (AvgIpc) is 2.44. The molecule has 1 fully saturated rings. The first kappa shape index (κ1) is 16.0. The van der Waals surface area contributed by atoms with Crippen molar-refractivity contribution < 1.29 is 4.79 Å². The number of anilines is 1. The van der Waals surface area contributed by atoms with Crippen LogP contribution in [0.4, 0.5) is 5.69 Å². The minimum absolute atomic E-state index is 0.187. The maximum Gasteiger partial charge on any atom is 0.231 e. The van der Waals surface area contributed by atoms with Crippen molar-refractivity contribution in [3.8, 4) is 0 Å². The number of piperidine rings is 1. The number of carbonyl (C=O) groups excluding carboxylic acids is 1. The van der Waals surface area contributed by atoms with E-state index in [0.717, 1.165) is 55.6 Å². The standard InChI is InChI=1S/C18H28N2O/c1-5-7-18(8-6-9-19-12-18)17(21)20-16-14(3)10-13(2)11-15(16)4/h10-11,19H,5-9,12H2,1-4H3,(H,20,21). The van der Waals surface area contributed by atoms with Crippen molar-refractivity contribution >= 4 is 11.6 Å². The number of benzene rings is 1. The van der Waals surface area contributed by atoms with E-state index < -0.39 is 0 Å². The van der Waals surface area contributed by atoms with Crippen LogP contribution in [0.15, 0.2) is 12.1 Å². The summed E-state index contributed by atoms with van der Waals surface area (Å²) in [5.74, 6) is 0.187. The molecule has 1 unspecified atom stereocenters. The quantitative estimate of drug-likeness (QED) is 0.886. The lowest BCUT2D eigenvalue weighted by atomic mass is 9.76. The van der Waals surface area contributed by atoms with Crippen molar-refractivity contribution in [1.29, 1.82) is 0 Å². The first-order chi connectivity index (χ1) is 9.98. The normalized spacial score (nSPS) is 22.1. The molecule has 1 atom stereocenters. The van der Waals surface area contributed by atoms with Crippen LogP contribution >= 0.6 is 0 Å². The summed E-state index contributed by atoms with van der Waals surface area (Å²) in [6.07, 6.45) is 4.07. The average molecular weight is 288 g/mol. The fourth-order valence-electron chi connectivity index (χ4n) is 3.59. The predicted octanol–water partition coefficient (Wildman–Crippen LogP) is 3.72. The van der Waals surface area contributed by atoms with Gasteiger partial charge < -0.3 is 10.6 Å². The van der Waals surface area contributed by atoms with Crippen molar-refractivity contribution in [2.75, 3.05) is 18.4 Å². The van der Waals surface area contributed by atoms with Gasteiger partial charge in [0.05, 0.1) is 5.41 Å². The first-order valence-electron chi connectivity index (χ1n) is 8.08. The zero-order chi connectivity index (χ0) is 15.5. The summed E-state index contributed by atoms with van der Waals surface area (Å²) in [6, 6.07) is 4.27. The molecule has 1 saturated heterocycles. The Kier molecular flexibility index (Phi) is 5.04. The van der Waals surface area contributed by atoms with Gasteiger partial charge >= 0.3 is 0 Å². The Bertz CT molecular complexity index is 487. The summed E-state index contributed by atoms with van der Waals surface area (Å²) in [5, 5.41) is 6.63. The van der Waals surface area contributed by atoms with Gasteiger partial charge in [-0.3, -0.25) is 4.79 Å². The molecule has 0 saturated carbocycles. The van der Waals surface area contributed by atoms with Gasteiger partial charge in [0.1, 0.15) is 0 Å². The maximum absolute atomic E-state index is 12.9. The Morgan fingerprint density at radius 3 is 2.48 bits per heavy atom. The number of amides is 1. The molecular weight excluding hydrogens is 260 g/mol. The largest absolute Gasteiger partial charge is 0.325 e. The Hall–Kier alpha value is -1.35. The van der Waals surface area contributed by atoms with Gasteiger partial charge in [0.2, 0.25) is 5.91 Å². The fraction of sp³-hybridized carbons (Fsp3) is 0.611. The van der Waals surface area contributed by atoms with Crippen molar-refractivity contribution in [3.05, 3.63) is 28.8 Å². The second-order valence-electron chi connectivity index (χ2n) is 6.54. The van der Waals surface area contributed by atoms with Crippen LogP contribution in [0.3, 0.4) is 0 Å². The molecule has 0 aromatic heterocycles. The minimum atomic E-state index is -0.239. The molecule has 3 heteroatoms. The van der Waals surface area contributed by atoms with Crippen LogP contribution in [0.2, 0.25) is 0 Å². The van der Waals surface area contributed by atoms with E-state index >= 15 is 0 Å². The third kappa shape index (κ3) is 3.46. The molecule has 2 N–H and O–H groups in total. The van der Waals surface area contributed by atoms with Crippen LogP contribution in [0.1, 0.15) is 49.3 Å². The Morgan fingerprint density at radius 2 is 1.95 bits per heavy atom. The molecule has 1 aliphatic heterocycles. The summed E-state index contributed by atoms with van der Waals surface area (Å²) < 4.78 is 0. The van der Waals surface area contributed by atoms with Gasteiger partial charge in [-0.05, 0) is 57.7 Å². The third-order valence-corrected chi connectivity index (χ3v) is 4.60. The van der Waals surface area contributed by atoms with Crippen LogP contribution in [0.25, 0.3) is 0 Å². The number of aryl methyl sites for hydroxylation is 3. The number of hydrogen-bond donors (Lipinski definition) is 2. The molecule has 116 valence electrons. The maximum atomic E-state index is 12.9. The Balaban J connectivity index is 2.23. The van der Waals surface area contributed by atoms with Gasteiger partial charge in [0.15, 0.2) is 0 Å². The number of carbonyl (C=O) groups is 1. The lowest BCUT2D eigenvalue weighted by Gasteiger charge is -2.36. The van der Waals surface area contributed by atoms with Gasteiger partial charge in [-0.15, -0.1) is 0 Å². The zero-order valence-corrected chi connectivity index (χ0v) is 13.8. The van der Waals surface area contributed by atoms with Crippen LogP contribution in [0.5, 0.6) is 0 Å². The van der Waals surface area contributed by atoms with Crippen LogP contribution in [0, 0.1) is 26.2 Å². The number of hydrogen-bond acceptors (Lipinski definition) is 2. The Labute approximate surface area is 128 Å².